The molecule has 56 heavy (non-hydrogen) atoms. The summed E-state index contributed by atoms with van der Waals surface area (Å²) in [6.45, 7) is 0. The molecule has 0 spiro atoms. The molecule has 9 aromatic rings. The lowest BCUT2D eigenvalue weighted by atomic mass is 9.77. The van der Waals surface area contributed by atoms with Crippen LogP contribution in [0.25, 0.3) is 71.3 Å². The zero-order valence-electron chi connectivity index (χ0n) is 30.6. The smallest absolute Gasteiger partial charge is 0.143 e. The molecule has 2 atom stereocenters. The fourth-order valence-electron chi connectivity index (χ4n) is 9.64. The Morgan fingerprint density at radius 3 is 2.00 bits per heavy atom. The average Bonchev–Trinajstić information content (AvgIpc) is 3.81. The van der Waals surface area contributed by atoms with Crippen LogP contribution in [0.3, 0.4) is 0 Å². The third kappa shape index (κ3) is 4.69. The van der Waals surface area contributed by atoms with Gasteiger partial charge in [0.2, 0.25) is 0 Å². The summed E-state index contributed by atoms with van der Waals surface area (Å²) in [5.41, 5.74) is 15.5. The van der Waals surface area contributed by atoms with E-state index in [0.29, 0.717) is 5.92 Å². The summed E-state index contributed by atoms with van der Waals surface area (Å²) in [6.07, 6.45) is 11.7. The van der Waals surface area contributed by atoms with Crippen molar-refractivity contribution in [3.63, 3.8) is 0 Å². The third-order valence-corrected chi connectivity index (χ3v) is 12.3. The second-order valence-electron chi connectivity index (χ2n) is 15.2. The summed E-state index contributed by atoms with van der Waals surface area (Å²) in [5.74, 6) is 0.623. The number of nitrogens with zero attached hydrogens (tertiary/aromatic N) is 1. The number of hydrogen-bond donors (Lipinski definition) is 0. The van der Waals surface area contributed by atoms with Gasteiger partial charge in [0.1, 0.15) is 11.2 Å². The van der Waals surface area contributed by atoms with Gasteiger partial charge in [-0.1, -0.05) is 158 Å². The Labute approximate surface area is 325 Å². The molecule has 2 unspecified atom stereocenters. The molecule has 0 amide bonds. The van der Waals surface area contributed by atoms with Crippen molar-refractivity contribution in [1.82, 2.24) is 0 Å². The highest BCUT2D eigenvalue weighted by Gasteiger charge is 2.41. The lowest BCUT2D eigenvalue weighted by molar-refractivity contribution is 0.670. The average molecular weight is 714 g/mol. The van der Waals surface area contributed by atoms with Crippen LogP contribution in [0.1, 0.15) is 17.0 Å². The number of allylic oxidation sites excluding steroid dienone is 7. The Morgan fingerprint density at radius 2 is 1.14 bits per heavy atom. The summed E-state index contributed by atoms with van der Waals surface area (Å²) in [4.78, 5) is 2.45. The molecule has 0 bridgehead atoms. The molecular formula is C54H35NO. The molecule has 2 heteroatoms. The first-order valence-electron chi connectivity index (χ1n) is 19.5. The molecule has 8 aromatic carbocycles. The van der Waals surface area contributed by atoms with E-state index in [1.54, 1.807) is 0 Å². The van der Waals surface area contributed by atoms with Crippen LogP contribution in [0.2, 0.25) is 0 Å². The van der Waals surface area contributed by atoms with Gasteiger partial charge in [-0.2, -0.15) is 0 Å². The van der Waals surface area contributed by atoms with Crippen LogP contribution in [0.4, 0.5) is 11.4 Å². The highest BCUT2D eigenvalue weighted by Crippen LogP contribution is 2.55. The quantitative estimate of drug-likeness (QED) is 0.165. The van der Waals surface area contributed by atoms with Crippen LogP contribution >= 0.6 is 0 Å². The summed E-state index contributed by atoms with van der Waals surface area (Å²) in [6, 6.07) is 61.8. The van der Waals surface area contributed by atoms with E-state index < -0.39 is 0 Å². The third-order valence-electron chi connectivity index (χ3n) is 12.3. The van der Waals surface area contributed by atoms with Crippen molar-refractivity contribution in [2.75, 3.05) is 4.90 Å². The van der Waals surface area contributed by atoms with E-state index in [2.05, 4.69) is 193 Å². The van der Waals surface area contributed by atoms with Crippen molar-refractivity contribution >= 4 is 60.4 Å². The molecule has 0 saturated carbocycles. The molecule has 1 aromatic heterocycles. The fourth-order valence-corrected chi connectivity index (χ4v) is 9.64. The summed E-state index contributed by atoms with van der Waals surface area (Å²) in [7, 11) is 0. The molecule has 0 N–H and O–H groups in total. The Kier molecular flexibility index (Phi) is 6.79. The van der Waals surface area contributed by atoms with E-state index in [1.165, 1.54) is 60.6 Å². The number of benzene rings is 8. The molecule has 0 radical (unpaired) electrons. The van der Waals surface area contributed by atoms with Gasteiger partial charge in [0, 0.05) is 45.2 Å². The van der Waals surface area contributed by atoms with Gasteiger partial charge in [-0.05, 0) is 103 Å². The zero-order chi connectivity index (χ0) is 36.7. The van der Waals surface area contributed by atoms with Crippen molar-refractivity contribution in [2.45, 2.75) is 5.92 Å². The number of anilines is 2. The van der Waals surface area contributed by atoms with Crippen molar-refractivity contribution in [3.05, 3.63) is 223 Å². The maximum Gasteiger partial charge on any atom is 0.143 e. The molecule has 1 heterocycles. The summed E-state index contributed by atoms with van der Waals surface area (Å²) in [5, 5.41) is 7.38. The SMILES string of the molecule is C1=CC2=C(N(c3ccc(-c4ccc5ccc6ccccc6c5c4)cc3)c3ccc(-c4cccc5c4oc4ccccc45)cc3)C=CC3c4ccccc4C(=C1)C23. The van der Waals surface area contributed by atoms with Crippen LogP contribution in [-0.4, -0.2) is 0 Å². The van der Waals surface area contributed by atoms with Crippen molar-refractivity contribution in [3.8, 4) is 22.3 Å². The first kappa shape index (κ1) is 31.2. The van der Waals surface area contributed by atoms with Gasteiger partial charge in [-0.25, -0.2) is 0 Å². The Bertz CT molecular complexity index is 3190. The van der Waals surface area contributed by atoms with E-state index in [1.807, 2.05) is 12.1 Å². The van der Waals surface area contributed by atoms with Gasteiger partial charge in [0.05, 0.1) is 0 Å². The van der Waals surface area contributed by atoms with Crippen molar-refractivity contribution in [1.29, 1.82) is 0 Å². The minimum atomic E-state index is 0.288. The number of rotatable bonds is 5. The number of para-hydroxylation sites is 2. The van der Waals surface area contributed by atoms with Crippen LogP contribution in [-0.2, 0) is 0 Å². The molecule has 0 saturated heterocycles. The Balaban J connectivity index is 0.981. The van der Waals surface area contributed by atoms with E-state index in [9.17, 15) is 0 Å². The Hall–Kier alpha value is -7.16. The summed E-state index contributed by atoms with van der Waals surface area (Å²) >= 11 is 0. The van der Waals surface area contributed by atoms with Gasteiger partial charge in [0.15, 0.2) is 0 Å². The van der Waals surface area contributed by atoms with Crippen LogP contribution in [0.15, 0.2) is 216 Å². The largest absolute Gasteiger partial charge is 0.455 e. The molecule has 0 fully saturated rings. The van der Waals surface area contributed by atoms with Gasteiger partial charge in [0.25, 0.3) is 0 Å². The summed E-state index contributed by atoms with van der Waals surface area (Å²) < 4.78 is 6.44. The highest BCUT2D eigenvalue weighted by atomic mass is 16.3. The normalized spacial score (nSPS) is 16.8. The second kappa shape index (κ2) is 12.2. The van der Waals surface area contributed by atoms with Crippen LogP contribution in [0, 0.1) is 5.92 Å². The van der Waals surface area contributed by atoms with Gasteiger partial charge in [-0.15, -0.1) is 0 Å². The molecule has 3 aliphatic carbocycles. The van der Waals surface area contributed by atoms with Crippen LogP contribution < -0.4 is 4.90 Å². The first-order valence-corrected chi connectivity index (χ1v) is 19.5. The van der Waals surface area contributed by atoms with Gasteiger partial charge in [-0.3, -0.25) is 0 Å². The van der Waals surface area contributed by atoms with E-state index in [-0.39, 0.29) is 5.92 Å². The van der Waals surface area contributed by atoms with Gasteiger partial charge < -0.3 is 9.32 Å². The molecule has 12 rings (SSSR count). The molecular weight excluding hydrogens is 679 g/mol. The maximum absolute atomic E-state index is 6.44. The van der Waals surface area contributed by atoms with Crippen molar-refractivity contribution in [2.24, 2.45) is 5.92 Å². The first-order chi connectivity index (χ1) is 27.8. The van der Waals surface area contributed by atoms with E-state index in [4.69, 9.17) is 4.42 Å². The zero-order valence-corrected chi connectivity index (χ0v) is 30.6. The van der Waals surface area contributed by atoms with Crippen molar-refractivity contribution < 1.29 is 4.42 Å². The highest BCUT2D eigenvalue weighted by molar-refractivity contribution is 6.10. The molecule has 262 valence electrons. The lowest BCUT2D eigenvalue weighted by Gasteiger charge is -2.35. The molecule has 3 aliphatic rings. The fraction of sp³-hybridized carbons (Fsp3) is 0.0370. The molecule has 0 aliphatic heterocycles. The van der Waals surface area contributed by atoms with E-state index >= 15 is 0 Å². The second-order valence-corrected chi connectivity index (χ2v) is 15.2. The Morgan fingerprint density at radius 1 is 0.482 bits per heavy atom. The minimum Gasteiger partial charge on any atom is -0.455 e. The molecule has 2 nitrogen and oxygen atoms in total. The maximum atomic E-state index is 6.44. The number of fused-ring (bicyclic) bond motifs is 9. The lowest BCUT2D eigenvalue weighted by Crippen LogP contribution is -2.24. The van der Waals surface area contributed by atoms with Gasteiger partial charge >= 0.3 is 0 Å². The predicted molar refractivity (Wildman–Crippen MR) is 234 cm³/mol. The number of furan rings is 1. The number of hydrogen-bond acceptors (Lipinski definition) is 2. The standard InChI is InChI=1S/C54H35NO/c1-2-10-41-35(9-1)19-20-37-21-22-38(33-50(37)41)34-23-27-39(28-24-34)55(51-32-31-47-44-12-4-3-11-43(44)46-15-8-17-49(51)53(46)47)40-29-25-36(26-30-40)42-14-7-16-48-45-13-5-6-18-52(45)56-54(42)48/h1-33,47,53H. The van der Waals surface area contributed by atoms with Crippen LogP contribution in [0.5, 0.6) is 0 Å². The topological polar surface area (TPSA) is 16.4 Å². The monoisotopic (exact) mass is 713 g/mol. The predicted octanol–water partition coefficient (Wildman–Crippen LogP) is 14.6. The minimum absolute atomic E-state index is 0.288. The van der Waals surface area contributed by atoms with E-state index in [0.717, 1.165) is 44.4 Å².